The topological polar surface area (TPSA) is 71.1 Å². The van der Waals surface area contributed by atoms with Gasteiger partial charge >= 0.3 is 11.9 Å². The first kappa shape index (κ1) is 33.3. The summed E-state index contributed by atoms with van der Waals surface area (Å²) in [4.78, 5) is 24.1. The van der Waals surface area contributed by atoms with E-state index < -0.39 is 5.97 Å². The maximum Gasteiger partial charge on any atom is 0.349 e. The van der Waals surface area contributed by atoms with Gasteiger partial charge in [-0.3, -0.25) is 4.79 Å². The Balaban J connectivity index is 1.41. The fraction of sp³-hybridized carbons (Fsp3) is 0.333. The molecule has 0 aliphatic rings. The van der Waals surface area contributed by atoms with E-state index in [2.05, 4.69) is 65.8 Å². The van der Waals surface area contributed by atoms with Crippen molar-refractivity contribution < 1.29 is 28.5 Å². The van der Waals surface area contributed by atoms with E-state index >= 15 is 0 Å². The molecule has 4 rings (SSSR count). The van der Waals surface area contributed by atoms with Crippen molar-refractivity contribution in [3.63, 3.8) is 0 Å². The molecular formula is C39H44O6. The highest BCUT2D eigenvalue weighted by Gasteiger charge is 2.27. The quantitative estimate of drug-likeness (QED) is 0.133. The largest absolute Gasteiger partial charge is 0.496 e. The number of carbonyl (C=O) groups is 2. The Bertz CT molecular complexity index is 1650. The summed E-state index contributed by atoms with van der Waals surface area (Å²) in [7, 11) is 1.70. The number of hydrogen-bond donors (Lipinski definition) is 0. The SMILES string of the molecule is COc1c(C)cc(C(C)(C)c2cc(C)c(OC(=O)COc3ccc(C(C)(C)c4ccc(OC(C)=O)cc4)cc3)c(C)c2)cc1C. The van der Waals surface area contributed by atoms with E-state index in [0.29, 0.717) is 17.2 Å². The van der Waals surface area contributed by atoms with Gasteiger partial charge in [0.25, 0.3) is 0 Å². The standard InChI is InChI=1S/C39H44O6/c1-24-19-31(20-25(2)36(24)42-10)39(8,9)32-21-26(3)37(27(4)22-32)45-35(41)23-43-33-15-11-29(12-16-33)38(6,7)30-13-17-34(18-14-30)44-28(5)40/h11-22H,23H2,1-10H3. The van der Waals surface area contributed by atoms with E-state index in [9.17, 15) is 9.59 Å². The molecule has 0 atom stereocenters. The van der Waals surface area contributed by atoms with Crippen LogP contribution in [0.4, 0.5) is 0 Å². The first-order chi connectivity index (χ1) is 21.1. The molecule has 0 amide bonds. The van der Waals surface area contributed by atoms with Crippen LogP contribution >= 0.6 is 0 Å². The van der Waals surface area contributed by atoms with E-state index in [1.54, 1.807) is 19.2 Å². The van der Waals surface area contributed by atoms with Crippen molar-refractivity contribution in [1.82, 2.24) is 0 Å². The van der Waals surface area contributed by atoms with Crippen molar-refractivity contribution in [2.75, 3.05) is 13.7 Å². The Kier molecular flexibility index (Phi) is 9.76. The zero-order chi connectivity index (χ0) is 33.1. The van der Waals surface area contributed by atoms with Crippen molar-refractivity contribution in [2.45, 2.75) is 73.1 Å². The van der Waals surface area contributed by atoms with Gasteiger partial charge in [0.1, 0.15) is 23.0 Å². The monoisotopic (exact) mass is 608 g/mol. The maximum atomic E-state index is 12.8. The third kappa shape index (κ3) is 7.39. The van der Waals surface area contributed by atoms with Crippen molar-refractivity contribution in [1.29, 1.82) is 0 Å². The van der Waals surface area contributed by atoms with Gasteiger partial charge < -0.3 is 18.9 Å². The molecule has 0 aromatic heterocycles. The molecule has 0 saturated carbocycles. The molecule has 6 heteroatoms. The smallest absolute Gasteiger partial charge is 0.349 e. The number of benzene rings is 4. The molecule has 0 spiro atoms. The summed E-state index contributed by atoms with van der Waals surface area (Å²) in [6.45, 7) is 17.9. The lowest BCUT2D eigenvalue weighted by molar-refractivity contribution is -0.136. The van der Waals surface area contributed by atoms with Gasteiger partial charge in [-0.25, -0.2) is 4.79 Å². The zero-order valence-electron chi connectivity index (χ0n) is 28.1. The Morgan fingerprint density at radius 3 is 1.40 bits per heavy atom. The molecule has 6 nitrogen and oxygen atoms in total. The minimum atomic E-state index is -0.466. The molecule has 0 bridgehead atoms. The van der Waals surface area contributed by atoms with E-state index in [-0.39, 0.29) is 23.4 Å². The van der Waals surface area contributed by atoms with Gasteiger partial charge in [0, 0.05) is 17.8 Å². The van der Waals surface area contributed by atoms with Crippen LogP contribution in [0.3, 0.4) is 0 Å². The lowest BCUT2D eigenvalue weighted by Crippen LogP contribution is -2.22. The van der Waals surface area contributed by atoms with E-state index in [1.807, 2.05) is 50.2 Å². The number of methoxy groups -OCH3 is 1. The highest BCUT2D eigenvalue weighted by molar-refractivity contribution is 5.75. The normalized spacial score (nSPS) is 11.6. The highest BCUT2D eigenvalue weighted by atomic mass is 16.6. The molecule has 0 aliphatic carbocycles. The summed E-state index contributed by atoms with van der Waals surface area (Å²) in [5.41, 5.74) is 7.90. The van der Waals surface area contributed by atoms with Crippen molar-refractivity contribution in [3.05, 3.63) is 117 Å². The number of esters is 2. The molecule has 4 aromatic rings. The molecule has 0 aliphatic heterocycles. The second-order valence-corrected chi connectivity index (χ2v) is 12.7. The molecule has 0 N–H and O–H groups in total. The van der Waals surface area contributed by atoms with Crippen LogP contribution in [0.15, 0.2) is 72.8 Å². The minimum Gasteiger partial charge on any atom is -0.496 e. The summed E-state index contributed by atoms with van der Waals surface area (Å²) in [5.74, 6) is 1.75. The predicted octanol–water partition coefficient (Wildman–Crippen LogP) is 8.49. The average molecular weight is 609 g/mol. The van der Waals surface area contributed by atoms with Crippen LogP contribution in [-0.4, -0.2) is 25.7 Å². The van der Waals surface area contributed by atoms with Crippen LogP contribution < -0.4 is 18.9 Å². The van der Waals surface area contributed by atoms with Gasteiger partial charge in [-0.2, -0.15) is 0 Å². The molecule has 45 heavy (non-hydrogen) atoms. The van der Waals surface area contributed by atoms with Gasteiger partial charge in [-0.15, -0.1) is 0 Å². The Labute approximate surface area is 267 Å². The second kappa shape index (κ2) is 13.2. The lowest BCUT2D eigenvalue weighted by Gasteiger charge is -2.29. The van der Waals surface area contributed by atoms with Crippen LogP contribution in [0.1, 0.15) is 79.1 Å². The van der Waals surface area contributed by atoms with Crippen molar-refractivity contribution in [3.8, 4) is 23.0 Å². The number of ether oxygens (including phenoxy) is 4. The van der Waals surface area contributed by atoms with E-state index in [1.165, 1.54) is 12.5 Å². The lowest BCUT2D eigenvalue weighted by atomic mass is 9.76. The Morgan fingerprint density at radius 1 is 0.578 bits per heavy atom. The predicted molar refractivity (Wildman–Crippen MR) is 178 cm³/mol. The van der Waals surface area contributed by atoms with E-state index in [4.69, 9.17) is 18.9 Å². The van der Waals surface area contributed by atoms with Crippen LogP contribution in [-0.2, 0) is 20.4 Å². The molecule has 236 valence electrons. The number of rotatable bonds is 10. The number of hydrogen-bond acceptors (Lipinski definition) is 6. The third-order valence-corrected chi connectivity index (χ3v) is 8.55. The number of carbonyl (C=O) groups excluding carboxylic acids is 2. The number of aryl methyl sites for hydroxylation is 4. The minimum absolute atomic E-state index is 0.211. The summed E-state index contributed by atoms with van der Waals surface area (Å²) < 4.78 is 22.3. The molecule has 4 aromatic carbocycles. The molecule has 0 unspecified atom stereocenters. The third-order valence-electron chi connectivity index (χ3n) is 8.55. The Morgan fingerprint density at radius 2 is 0.978 bits per heavy atom. The average Bonchev–Trinajstić information content (AvgIpc) is 2.98. The van der Waals surface area contributed by atoms with Crippen molar-refractivity contribution >= 4 is 11.9 Å². The molecule has 0 saturated heterocycles. The molecular weight excluding hydrogens is 564 g/mol. The zero-order valence-corrected chi connectivity index (χ0v) is 28.1. The van der Waals surface area contributed by atoms with Crippen molar-refractivity contribution in [2.24, 2.45) is 0 Å². The van der Waals surface area contributed by atoms with Gasteiger partial charge in [0.2, 0.25) is 0 Å². The first-order valence-corrected chi connectivity index (χ1v) is 15.1. The van der Waals surface area contributed by atoms with Gasteiger partial charge in [0.05, 0.1) is 7.11 Å². The van der Waals surface area contributed by atoms with Crippen LogP contribution in [0, 0.1) is 27.7 Å². The summed E-state index contributed by atoms with van der Waals surface area (Å²) in [6.07, 6.45) is 0. The summed E-state index contributed by atoms with van der Waals surface area (Å²) >= 11 is 0. The summed E-state index contributed by atoms with van der Waals surface area (Å²) in [6, 6.07) is 23.7. The first-order valence-electron chi connectivity index (χ1n) is 15.1. The van der Waals surface area contributed by atoms with Gasteiger partial charge in [-0.1, -0.05) is 76.2 Å². The highest BCUT2D eigenvalue weighted by Crippen LogP contribution is 2.39. The summed E-state index contributed by atoms with van der Waals surface area (Å²) in [5, 5.41) is 0. The Hall–Kier alpha value is -4.58. The van der Waals surface area contributed by atoms with Crippen LogP contribution in [0.2, 0.25) is 0 Å². The maximum absolute atomic E-state index is 12.8. The van der Waals surface area contributed by atoms with Gasteiger partial charge in [0.15, 0.2) is 6.61 Å². The molecule has 0 fully saturated rings. The van der Waals surface area contributed by atoms with E-state index in [0.717, 1.165) is 44.7 Å². The molecule has 0 radical (unpaired) electrons. The molecule has 0 heterocycles. The second-order valence-electron chi connectivity index (χ2n) is 12.7. The van der Waals surface area contributed by atoms with Gasteiger partial charge in [-0.05, 0) is 96.5 Å². The fourth-order valence-electron chi connectivity index (χ4n) is 5.80. The fourth-order valence-corrected chi connectivity index (χ4v) is 5.80. The van der Waals surface area contributed by atoms with Crippen LogP contribution in [0.5, 0.6) is 23.0 Å². The van der Waals surface area contributed by atoms with Crippen LogP contribution in [0.25, 0.3) is 0 Å².